The predicted octanol–water partition coefficient (Wildman–Crippen LogP) is 2.66. The molecule has 0 radical (unpaired) electrons. The maximum Gasteiger partial charge on any atom is 0.253 e. The van der Waals surface area contributed by atoms with Crippen molar-refractivity contribution >= 4 is 5.91 Å². The van der Waals surface area contributed by atoms with E-state index >= 15 is 0 Å². The molecular formula is C17H22N4O. The molecule has 2 aromatic rings. The molecule has 1 atom stereocenters. The van der Waals surface area contributed by atoms with E-state index in [0.717, 1.165) is 18.5 Å². The van der Waals surface area contributed by atoms with Gasteiger partial charge in [0.1, 0.15) is 0 Å². The van der Waals surface area contributed by atoms with E-state index in [1.54, 1.807) is 6.20 Å². The SMILES string of the molecule is CC(C)(C)c1ccc(C(=O)N2CC[C@@H](n3ccnn3)C2)cc1. The fourth-order valence-electron chi connectivity index (χ4n) is 2.85. The molecule has 1 saturated heterocycles. The van der Waals surface area contributed by atoms with Crippen molar-refractivity contribution in [3.63, 3.8) is 0 Å². The summed E-state index contributed by atoms with van der Waals surface area (Å²) in [6.07, 6.45) is 4.46. The zero-order chi connectivity index (χ0) is 15.7. The lowest BCUT2D eigenvalue weighted by atomic mass is 9.86. The molecule has 3 rings (SSSR count). The van der Waals surface area contributed by atoms with Gasteiger partial charge in [0.15, 0.2) is 0 Å². The van der Waals surface area contributed by atoms with Gasteiger partial charge in [0, 0.05) is 24.8 Å². The zero-order valence-electron chi connectivity index (χ0n) is 13.4. The summed E-state index contributed by atoms with van der Waals surface area (Å²) in [6.45, 7) is 7.99. The van der Waals surface area contributed by atoms with Crippen molar-refractivity contribution in [2.75, 3.05) is 13.1 Å². The summed E-state index contributed by atoms with van der Waals surface area (Å²) in [6, 6.07) is 8.22. The molecule has 0 N–H and O–H groups in total. The molecule has 1 fully saturated rings. The number of nitrogens with zero attached hydrogens (tertiary/aromatic N) is 4. The van der Waals surface area contributed by atoms with Crippen LogP contribution in [0.1, 0.15) is 49.2 Å². The second kappa shape index (κ2) is 5.55. The second-order valence-electron chi connectivity index (χ2n) is 6.90. The van der Waals surface area contributed by atoms with Gasteiger partial charge in [0.05, 0.1) is 12.2 Å². The van der Waals surface area contributed by atoms with Crippen molar-refractivity contribution in [1.82, 2.24) is 19.9 Å². The Bertz CT molecular complexity index is 640. The van der Waals surface area contributed by atoms with E-state index in [-0.39, 0.29) is 17.4 Å². The molecule has 0 bridgehead atoms. The van der Waals surface area contributed by atoms with E-state index in [1.165, 1.54) is 5.56 Å². The highest BCUT2D eigenvalue weighted by molar-refractivity contribution is 5.94. The summed E-state index contributed by atoms with van der Waals surface area (Å²) in [5.74, 6) is 0.100. The van der Waals surface area contributed by atoms with Crippen LogP contribution in [0.2, 0.25) is 0 Å². The first-order valence-electron chi connectivity index (χ1n) is 7.71. The monoisotopic (exact) mass is 298 g/mol. The predicted molar refractivity (Wildman–Crippen MR) is 84.7 cm³/mol. The van der Waals surface area contributed by atoms with Gasteiger partial charge in [0.2, 0.25) is 0 Å². The highest BCUT2D eigenvalue weighted by Crippen LogP contribution is 2.25. The lowest BCUT2D eigenvalue weighted by molar-refractivity contribution is 0.0787. The van der Waals surface area contributed by atoms with Crippen LogP contribution in [0, 0.1) is 0 Å². The standard InChI is InChI=1S/C17H22N4O/c1-17(2,3)14-6-4-13(5-7-14)16(22)20-10-8-15(12-20)21-11-9-18-19-21/h4-7,9,11,15H,8,10,12H2,1-3H3/t15-/m1/s1. The van der Waals surface area contributed by atoms with Gasteiger partial charge in [-0.25, -0.2) is 4.68 Å². The summed E-state index contributed by atoms with van der Waals surface area (Å²) in [4.78, 5) is 14.5. The molecule has 0 saturated carbocycles. The van der Waals surface area contributed by atoms with Gasteiger partial charge < -0.3 is 4.90 Å². The Morgan fingerprint density at radius 1 is 1.23 bits per heavy atom. The molecule has 0 spiro atoms. The molecule has 22 heavy (non-hydrogen) atoms. The van der Waals surface area contributed by atoms with Crippen LogP contribution in [0.4, 0.5) is 0 Å². The second-order valence-corrected chi connectivity index (χ2v) is 6.90. The molecule has 2 heterocycles. The maximum absolute atomic E-state index is 12.6. The van der Waals surface area contributed by atoms with Crippen LogP contribution in [0.25, 0.3) is 0 Å². The number of carbonyl (C=O) groups excluding carboxylic acids is 1. The summed E-state index contributed by atoms with van der Waals surface area (Å²) >= 11 is 0. The average molecular weight is 298 g/mol. The van der Waals surface area contributed by atoms with Crippen LogP contribution in [0.5, 0.6) is 0 Å². The van der Waals surface area contributed by atoms with Crippen LogP contribution in [-0.4, -0.2) is 38.9 Å². The number of hydrogen-bond acceptors (Lipinski definition) is 3. The normalized spacial score (nSPS) is 18.7. The van der Waals surface area contributed by atoms with Crippen molar-refractivity contribution in [3.8, 4) is 0 Å². The first kappa shape index (κ1) is 14.8. The molecule has 1 amide bonds. The van der Waals surface area contributed by atoms with E-state index in [4.69, 9.17) is 0 Å². The number of amides is 1. The third-order valence-corrected chi connectivity index (χ3v) is 4.26. The highest BCUT2D eigenvalue weighted by Gasteiger charge is 2.28. The van der Waals surface area contributed by atoms with Crippen molar-refractivity contribution in [1.29, 1.82) is 0 Å². The zero-order valence-corrected chi connectivity index (χ0v) is 13.4. The topological polar surface area (TPSA) is 51.0 Å². The Balaban J connectivity index is 1.70. The Morgan fingerprint density at radius 2 is 1.95 bits per heavy atom. The van der Waals surface area contributed by atoms with Crippen LogP contribution < -0.4 is 0 Å². The summed E-state index contributed by atoms with van der Waals surface area (Å²) in [5, 5.41) is 7.87. The molecule has 0 unspecified atom stereocenters. The van der Waals surface area contributed by atoms with Gasteiger partial charge in [-0.15, -0.1) is 5.10 Å². The molecule has 1 aromatic carbocycles. The summed E-state index contributed by atoms with van der Waals surface area (Å²) in [7, 11) is 0. The Morgan fingerprint density at radius 3 is 2.55 bits per heavy atom. The number of benzene rings is 1. The minimum Gasteiger partial charge on any atom is -0.336 e. The van der Waals surface area contributed by atoms with Gasteiger partial charge in [-0.05, 0) is 29.5 Å². The number of hydrogen-bond donors (Lipinski definition) is 0. The summed E-state index contributed by atoms with van der Waals surface area (Å²) in [5.41, 5.74) is 2.10. The molecule has 1 aromatic heterocycles. The van der Waals surface area contributed by atoms with E-state index < -0.39 is 0 Å². The minimum absolute atomic E-state index is 0.100. The Kier molecular flexibility index (Phi) is 3.72. The van der Waals surface area contributed by atoms with Crippen molar-refractivity contribution in [2.45, 2.75) is 38.6 Å². The summed E-state index contributed by atoms with van der Waals surface area (Å²) < 4.78 is 1.84. The number of aromatic nitrogens is 3. The number of carbonyl (C=O) groups is 1. The van der Waals surface area contributed by atoms with Crippen molar-refractivity contribution in [3.05, 3.63) is 47.8 Å². The fraction of sp³-hybridized carbons (Fsp3) is 0.471. The average Bonchev–Trinajstić information content (AvgIpc) is 3.16. The lowest BCUT2D eigenvalue weighted by Crippen LogP contribution is -2.29. The Labute approximate surface area is 130 Å². The number of likely N-dealkylation sites (tertiary alicyclic amines) is 1. The van der Waals surface area contributed by atoms with Crippen LogP contribution in [0.15, 0.2) is 36.7 Å². The van der Waals surface area contributed by atoms with Gasteiger partial charge in [-0.3, -0.25) is 4.79 Å². The van der Waals surface area contributed by atoms with Crippen LogP contribution in [0.3, 0.4) is 0 Å². The van der Waals surface area contributed by atoms with E-state index in [2.05, 4.69) is 43.2 Å². The molecule has 0 aliphatic carbocycles. The van der Waals surface area contributed by atoms with Gasteiger partial charge >= 0.3 is 0 Å². The van der Waals surface area contributed by atoms with Crippen molar-refractivity contribution < 1.29 is 4.79 Å². The quantitative estimate of drug-likeness (QED) is 0.856. The van der Waals surface area contributed by atoms with Gasteiger partial charge in [0.25, 0.3) is 5.91 Å². The molecule has 5 heteroatoms. The number of rotatable bonds is 2. The van der Waals surface area contributed by atoms with Gasteiger partial charge in [-0.1, -0.05) is 38.1 Å². The molecule has 116 valence electrons. The minimum atomic E-state index is 0.100. The molecule has 5 nitrogen and oxygen atoms in total. The van der Waals surface area contributed by atoms with Gasteiger partial charge in [-0.2, -0.15) is 0 Å². The lowest BCUT2D eigenvalue weighted by Gasteiger charge is -2.20. The van der Waals surface area contributed by atoms with Crippen LogP contribution >= 0.6 is 0 Å². The Hall–Kier alpha value is -2.17. The van der Waals surface area contributed by atoms with Crippen molar-refractivity contribution in [2.24, 2.45) is 0 Å². The third kappa shape index (κ3) is 2.89. The van der Waals surface area contributed by atoms with E-state index in [1.807, 2.05) is 27.9 Å². The third-order valence-electron chi connectivity index (χ3n) is 4.26. The first-order valence-corrected chi connectivity index (χ1v) is 7.71. The fourth-order valence-corrected chi connectivity index (χ4v) is 2.85. The molecule has 1 aliphatic rings. The van der Waals surface area contributed by atoms with E-state index in [0.29, 0.717) is 6.54 Å². The highest BCUT2D eigenvalue weighted by atomic mass is 16.2. The largest absolute Gasteiger partial charge is 0.336 e. The first-order chi connectivity index (χ1) is 10.4. The van der Waals surface area contributed by atoms with E-state index in [9.17, 15) is 4.79 Å². The molecular weight excluding hydrogens is 276 g/mol. The molecule has 1 aliphatic heterocycles. The maximum atomic E-state index is 12.6. The smallest absolute Gasteiger partial charge is 0.253 e. The van der Waals surface area contributed by atoms with Crippen LogP contribution in [-0.2, 0) is 5.41 Å².